The van der Waals surface area contributed by atoms with E-state index < -0.39 is 59.1 Å². The van der Waals surface area contributed by atoms with Gasteiger partial charge in [-0.25, -0.2) is 0 Å². The molecule has 7 bridgehead atoms. The lowest BCUT2D eigenvalue weighted by Gasteiger charge is -2.79. The summed E-state index contributed by atoms with van der Waals surface area (Å²) in [6, 6.07) is 0. The van der Waals surface area contributed by atoms with Crippen LogP contribution >= 0.6 is 0 Å². The number of ether oxygens (including phenoxy) is 4. The lowest BCUT2D eigenvalue weighted by molar-refractivity contribution is -0.555. The van der Waals surface area contributed by atoms with Gasteiger partial charge in [-0.2, -0.15) is 0 Å². The van der Waals surface area contributed by atoms with Gasteiger partial charge in [-0.15, -0.1) is 0 Å². The number of esters is 2. The Morgan fingerprint density at radius 2 is 1.81 bits per heavy atom. The molecule has 174 valence electrons. The first-order valence-corrected chi connectivity index (χ1v) is 11.6. The molecule has 4 saturated heterocycles. The summed E-state index contributed by atoms with van der Waals surface area (Å²) < 4.78 is 24.5. The average molecular weight is 446 g/mol. The molecule has 4 heterocycles. The number of aliphatic hydroxyl groups is 1. The highest BCUT2D eigenvalue weighted by atomic mass is 16.8. The summed E-state index contributed by atoms with van der Waals surface area (Å²) in [5.74, 6) is -4.22. The smallest absolute Gasteiger partial charge is 0.303 e. The highest BCUT2D eigenvalue weighted by Gasteiger charge is 2.93. The molecule has 4 aliphatic carbocycles. The predicted octanol–water partition coefficient (Wildman–Crippen LogP) is 1.88. The van der Waals surface area contributed by atoms with Crippen LogP contribution in [0, 0.1) is 34.0 Å². The molecular weight excluding hydrogens is 416 g/mol. The van der Waals surface area contributed by atoms with Crippen LogP contribution < -0.4 is 0 Å². The maximum atomic E-state index is 13.9. The molecule has 10 atom stereocenters. The summed E-state index contributed by atoms with van der Waals surface area (Å²) in [4.78, 5) is 38.3. The second-order valence-electron chi connectivity index (χ2n) is 11.3. The lowest BCUT2D eigenvalue weighted by atomic mass is 9.34. The van der Waals surface area contributed by atoms with E-state index in [1.54, 1.807) is 0 Å². The van der Waals surface area contributed by atoms with Gasteiger partial charge in [-0.3, -0.25) is 14.4 Å². The van der Waals surface area contributed by atoms with Gasteiger partial charge in [0.1, 0.15) is 11.5 Å². The van der Waals surface area contributed by atoms with Crippen LogP contribution in [0.4, 0.5) is 0 Å². The Morgan fingerprint density at radius 3 is 2.47 bits per heavy atom. The highest BCUT2D eigenvalue weighted by Crippen LogP contribution is 2.82. The monoisotopic (exact) mass is 446 g/mol. The maximum Gasteiger partial charge on any atom is 0.303 e. The van der Waals surface area contributed by atoms with Crippen molar-refractivity contribution in [3.63, 3.8) is 0 Å². The topological polar surface area (TPSA) is 108 Å². The van der Waals surface area contributed by atoms with E-state index in [4.69, 9.17) is 18.9 Å². The van der Waals surface area contributed by atoms with Gasteiger partial charge in [0.25, 0.3) is 0 Å². The Bertz CT molecular complexity index is 971. The molecule has 8 fully saturated rings. The first-order chi connectivity index (χ1) is 14.9. The first kappa shape index (κ1) is 20.8. The number of hydrogen-bond donors (Lipinski definition) is 1. The van der Waals surface area contributed by atoms with Crippen molar-refractivity contribution in [3.8, 4) is 0 Å². The summed E-state index contributed by atoms with van der Waals surface area (Å²) >= 11 is 0. The van der Waals surface area contributed by atoms with E-state index in [-0.39, 0.29) is 23.0 Å². The van der Waals surface area contributed by atoms with Crippen molar-refractivity contribution < 1.29 is 38.4 Å². The maximum absolute atomic E-state index is 13.9. The molecule has 0 aromatic heterocycles. The summed E-state index contributed by atoms with van der Waals surface area (Å²) in [6.45, 7) is 10.9. The SMILES string of the molecule is C=C1C(=O)[C@@]23[C@H]4O[C@H]5O[C@]2(O)[C@@H](OC(C)=O)[C@@H]2C(C)(C)CC[C@H](OC(C)=O)[C@]52[C@@H]3CC[C@@H]14. The molecule has 0 aromatic carbocycles. The van der Waals surface area contributed by atoms with Gasteiger partial charge < -0.3 is 24.1 Å². The van der Waals surface area contributed by atoms with Gasteiger partial charge in [0, 0.05) is 25.7 Å². The fraction of sp³-hybridized carbons (Fsp3) is 0.792. The van der Waals surface area contributed by atoms with Crippen LogP contribution in [0.3, 0.4) is 0 Å². The van der Waals surface area contributed by atoms with Crippen LogP contribution in [0.1, 0.15) is 53.4 Å². The summed E-state index contributed by atoms with van der Waals surface area (Å²) in [5.41, 5.74) is -2.29. The number of carbonyl (C=O) groups excluding carboxylic acids is 3. The van der Waals surface area contributed by atoms with Crippen molar-refractivity contribution in [3.05, 3.63) is 12.2 Å². The van der Waals surface area contributed by atoms with Crippen LogP contribution in [-0.2, 0) is 33.3 Å². The molecule has 0 unspecified atom stereocenters. The molecule has 8 rings (SSSR count). The molecule has 8 aliphatic rings. The molecule has 4 aliphatic heterocycles. The largest absolute Gasteiger partial charge is 0.462 e. The molecule has 1 N–H and O–H groups in total. The number of rotatable bonds is 2. The highest BCUT2D eigenvalue weighted by molar-refractivity contribution is 6.05. The zero-order valence-corrected chi connectivity index (χ0v) is 18.9. The summed E-state index contributed by atoms with van der Waals surface area (Å²) in [6.07, 6.45) is -0.464. The van der Waals surface area contributed by atoms with Crippen LogP contribution in [0.15, 0.2) is 12.2 Å². The number of hydrogen-bond acceptors (Lipinski definition) is 8. The third-order valence-corrected chi connectivity index (χ3v) is 9.69. The molecule has 2 spiro atoms. The van der Waals surface area contributed by atoms with E-state index in [0.717, 1.165) is 0 Å². The van der Waals surface area contributed by atoms with Gasteiger partial charge in [0.2, 0.25) is 5.79 Å². The second kappa shape index (κ2) is 5.83. The zero-order chi connectivity index (χ0) is 23.0. The normalized spacial score (nSPS) is 53.7. The van der Waals surface area contributed by atoms with E-state index in [2.05, 4.69) is 20.4 Å². The Kier molecular flexibility index (Phi) is 3.79. The molecule has 0 aromatic rings. The van der Waals surface area contributed by atoms with Gasteiger partial charge in [0.05, 0.1) is 11.5 Å². The fourth-order valence-electron chi connectivity index (χ4n) is 9.00. The zero-order valence-electron chi connectivity index (χ0n) is 18.9. The van der Waals surface area contributed by atoms with E-state index in [9.17, 15) is 19.5 Å². The number of carbonyl (C=O) groups is 3. The van der Waals surface area contributed by atoms with E-state index in [0.29, 0.717) is 31.3 Å². The predicted molar refractivity (Wildman–Crippen MR) is 108 cm³/mol. The van der Waals surface area contributed by atoms with Crippen molar-refractivity contribution in [2.24, 2.45) is 34.0 Å². The summed E-state index contributed by atoms with van der Waals surface area (Å²) in [7, 11) is 0. The van der Waals surface area contributed by atoms with Gasteiger partial charge in [-0.05, 0) is 42.6 Å². The van der Waals surface area contributed by atoms with E-state index in [1.165, 1.54) is 13.8 Å². The first-order valence-electron chi connectivity index (χ1n) is 11.6. The van der Waals surface area contributed by atoms with Crippen LogP contribution in [0.2, 0.25) is 0 Å². The minimum atomic E-state index is -2.02. The Balaban J connectivity index is 1.67. The van der Waals surface area contributed by atoms with Crippen molar-refractivity contribution in [2.75, 3.05) is 0 Å². The van der Waals surface area contributed by atoms with Crippen LogP contribution in [-0.4, -0.2) is 53.2 Å². The molecule has 8 heteroatoms. The standard InChI is InChI=1S/C24H30O8/c1-10-13-6-7-14-22-15(29-11(2)25)8-9-21(4,5)16(22)19(30-12(3)26)24(28)23(14,17(10)27)18(13)31-20(22)32-24/h13-16,18-20,28H,1,6-9H2,2-5H3/t13-,14-,15-,16+,18-,19-,20-,22-,23-,24+/m0/s1. The van der Waals surface area contributed by atoms with Crippen molar-refractivity contribution in [1.82, 2.24) is 0 Å². The minimum absolute atomic E-state index is 0.202. The average Bonchev–Trinajstić information content (AvgIpc) is 2.82. The molecule has 4 saturated carbocycles. The Hall–Kier alpha value is -1.77. The lowest BCUT2D eigenvalue weighted by Crippen LogP contribution is -2.91. The molecule has 8 nitrogen and oxygen atoms in total. The quantitative estimate of drug-likeness (QED) is 0.506. The van der Waals surface area contributed by atoms with Crippen LogP contribution in [0.5, 0.6) is 0 Å². The van der Waals surface area contributed by atoms with Gasteiger partial charge in [-0.1, -0.05) is 20.4 Å². The second-order valence-corrected chi connectivity index (χ2v) is 11.3. The minimum Gasteiger partial charge on any atom is -0.462 e. The Labute approximate surface area is 186 Å². The van der Waals surface area contributed by atoms with Crippen molar-refractivity contribution in [2.45, 2.75) is 83.8 Å². The fourth-order valence-corrected chi connectivity index (χ4v) is 9.00. The van der Waals surface area contributed by atoms with Crippen molar-refractivity contribution in [1.29, 1.82) is 0 Å². The van der Waals surface area contributed by atoms with E-state index >= 15 is 0 Å². The third kappa shape index (κ3) is 1.89. The third-order valence-electron chi connectivity index (χ3n) is 9.69. The van der Waals surface area contributed by atoms with E-state index in [1.807, 2.05) is 0 Å². The molecule has 32 heavy (non-hydrogen) atoms. The van der Waals surface area contributed by atoms with Gasteiger partial charge >= 0.3 is 11.9 Å². The van der Waals surface area contributed by atoms with Crippen LogP contribution in [0.25, 0.3) is 0 Å². The molecular formula is C24H30O8. The molecule has 0 radical (unpaired) electrons. The number of Topliss-reactive ketones (excluding diaryl/α,β-unsaturated/α-hetero) is 1. The Morgan fingerprint density at radius 1 is 1.12 bits per heavy atom. The summed E-state index contributed by atoms with van der Waals surface area (Å²) in [5, 5.41) is 12.3. The van der Waals surface area contributed by atoms with Crippen molar-refractivity contribution >= 4 is 17.7 Å². The molecule has 0 amide bonds. The van der Waals surface area contributed by atoms with Gasteiger partial charge in [0.15, 0.2) is 18.2 Å². The number of ketones is 1.